The summed E-state index contributed by atoms with van der Waals surface area (Å²) in [4.78, 5) is 12.5. The largest absolute Gasteiger partial charge is 0.493 e. The zero-order chi connectivity index (χ0) is 12.4. The minimum atomic E-state index is 0.257. The van der Waals surface area contributed by atoms with Crippen molar-refractivity contribution < 1.29 is 9.53 Å². The van der Waals surface area contributed by atoms with E-state index < -0.39 is 0 Å². The van der Waals surface area contributed by atoms with Crippen molar-refractivity contribution in [2.24, 2.45) is 5.92 Å². The van der Waals surface area contributed by atoms with Crippen molar-refractivity contribution in [3.63, 3.8) is 0 Å². The third-order valence-electron chi connectivity index (χ3n) is 4.20. The lowest BCUT2D eigenvalue weighted by Gasteiger charge is -2.13. The van der Waals surface area contributed by atoms with E-state index in [1.807, 2.05) is 12.1 Å². The van der Waals surface area contributed by atoms with E-state index in [1.165, 1.54) is 31.2 Å². The number of hydrogen-bond donors (Lipinski definition) is 0. The molecule has 0 bridgehead atoms. The molecule has 1 aromatic rings. The summed E-state index contributed by atoms with van der Waals surface area (Å²) < 4.78 is 5.49. The molecule has 1 fully saturated rings. The molecule has 3 rings (SSSR count). The summed E-state index contributed by atoms with van der Waals surface area (Å²) >= 11 is 0. The Hall–Kier alpha value is -1.31. The van der Waals surface area contributed by atoms with Crippen LogP contribution in [-0.2, 0) is 6.42 Å². The van der Waals surface area contributed by atoms with Crippen molar-refractivity contribution in [2.45, 2.75) is 44.9 Å². The van der Waals surface area contributed by atoms with Gasteiger partial charge in [0.25, 0.3) is 0 Å². The van der Waals surface area contributed by atoms with E-state index >= 15 is 0 Å². The van der Waals surface area contributed by atoms with Crippen LogP contribution in [0.5, 0.6) is 5.75 Å². The Balaban J connectivity index is 1.79. The summed E-state index contributed by atoms with van der Waals surface area (Å²) in [6.07, 6.45) is 8.11. The van der Waals surface area contributed by atoms with Crippen LogP contribution in [0.25, 0.3) is 0 Å². The predicted molar refractivity (Wildman–Crippen MR) is 71.2 cm³/mol. The number of carbonyl (C=O) groups excluding carboxylic acids is 1. The van der Waals surface area contributed by atoms with Gasteiger partial charge in [0.2, 0.25) is 0 Å². The van der Waals surface area contributed by atoms with Crippen LogP contribution < -0.4 is 4.74 Å². The number of hydrogen-bond acceptors (Lipinski definition) is 2. The molecule has 0 amide bonds. The minimum absolute atomic E-state index is 0.257. The molecule has 2 aliphatic rings. The van der Waals surface area contributed by atoms with E-state index in [0.29, 0.717) is 5.78 Å². The van der Waals surface area contributed by atoms with Gasteiger partial charge in [-0.25, -0.2) is 0 Å². The summed E-state index contributed by atoms with van der Waals surface area (Å²) in [6.45, 7) is 0.760. The average molecular weight is 244 g/mol. The second-order valence-corrected chi connectivity index (χ2v) is 5.47. The summed E-state index contributed by atoms with van der Waals surface area (Å²) in [5.41, 5.74) is 2.10. The van der Waals surface area contributed by atoms with Crippen molar-refractivity contribution in [2.75, 3.05) is 6.61 Å². The van der Waals surface area contributed by atoms with Crippen LogP contribution in [0.3, 0.4) is 0 Å². The van der Waals surface area contributed by atoms with Crippen LogP contribution in [0.15, 0.2) is 18.2 Å². The number of carbonyl (C=O) groups is 1. The number of ketones is 1. The number of benzene rings is 1. The lowest BCUT2D eigenvalue weighted by atomic mass is 9.90. The summed E-state index contributed by atoms with van der Waals surface area (Å²) in [6, 6.07) is 5.96. The van der Waals surface area contributed by atoms with Gasteiger partial charge >= 0.3 is 0 Å². The van der Waals surface area contributed by atoms with Crippen molar-refractivity contribution in [1.82, 2.24) is 0 Å². The van der Waals surface area contributed by atoms with E-state index in [9.17, 15) is 4.79 Å². The third-order valence-corrected chi connectivity index (χ3v) is 4.20. The highest BCUT2D eigenvalue weighted by Crippen LogP contribution is 2.30. The molecule has 1 heterocycles. The lowest BCUT2D eigenvalue weighted by molar-refractivity contribution is 0.0908. The van der Waals surface area contributed by atoms with Gasteiger partial charge < -0.3 is 4.74 Å². The highest BCUT2D eigenvalue weighted by atomic mass is 16.5. The molecule has 0 saturated heterocycles. The zero-order valence-corrected chi connectivity index (χ0v) is 10.8. The van der Waals surface area contributed by atoms with Crippen LogP contribution in [0.4, 0.5) is 0 Å². The average Bonchev–Trinajstić information content (AvgIpc) is 2.69. The second kappa shape index (κ2) is 5.13. The van der Waals surface area contributed by atoms with E-state index in [2.05, 4.69) is 6.07 Å². The van der Waals surface area contributed by atoms with Crippen LogP contribution in [0, 0.1) is 5.92 Å². The first-order valence-electron chi connectivity index (χ1n) is 7.14. The maximum atomic E-state index is 12.5. The quantitative estimate of drug-likeness (QED) is 0.584. The Morgan fingerprint density at radius 2 is 1.89 bits per heavy atom. The van der Waals surface area contributed by atoms with Gasteiger partial charge in [-0.15, -0.1) is 0 Å². The second-order valence-electron chi connectivity index (χ2n) is 5.47. The van der Waals surface area contributed by atoms with E-state index in [4.69, 9.17) is 4.74 Å². The molecular formula is C16H20O2. The molecule has 1 aromatic carbocycles. The lowest BCUT2D eigenvalue weighted by Crippen LogP contribution is -2.14. The van der Waals surface area contributed by atoms with Crippen LogP contribution in [0.1, 0.15) is 54.4 Å². The molecule has 0 aromatic heterocycles. The SMILES string of the molecule is O=C(c1ccc2c(c1)CCO2)C1CCCCCC1. The molecule has 1 saturated carbocycles. The molecular weight excluding hydrogens is 224 g/mol. The fraction of sp³-hybridized carbons (Fsp3) is 0.562. The van der Waals surface area contributed by atoms with Crippen molar-refractivity contribution >= 4 is 5.78 Å². The Bertz CT molecular complexity index is 442. The standard InChI is InChI=1S/C16H20O2/c17-16(12-5-3-1-2-4-6-12)14-7-8-15-13(11-14)9-10-18-15/h7-8,11-12H,1-6,9-10H2. The van der Waals surface area contributed by atoms with Gasteiger partial charge in [0.15, 0.2) is 5.78 Å². The fourth-order valence-corrected chi connectivity index (χ4v) is 3.12. The van der Waals surface area contributed by atoms with Gasteiger partial charge in [-0.3, -0.25) is 4.79 Å². The van der Waals surface area contributed by atoms with Gasteiger partial charge in [0.05, 0.1) is 6.61 Å². The Kier molecular flexibility index (Phi) is 3.35. The molecule has 0 N–H and O–H groups in total. The third kappa shape index (κ3) is 2.29. The van der Waals surface area contributed by atoms with E-state index in [-0.39, 0.29) is 5.92 Å². The van der Waals surface area contributed by atoms with Crippen LogP contribution >= 0.6 is 0 Å². The smallest absolute Gasteiger partial charge is 0.165 e. The van der Waals surface area contributed by atoms with E-state index in [1.54, 1.807) is 0 Å². The van der Waals surface area contributed by atoms with Crippen molar-refractivity contribution in [3.8, 4) is 5.75 Å². The minimum Gasteiger partial charge on any atom is -0.493 e. The first kappa shape index (κ1) is 11.8. The first-order chi connectivity index (χ1) is 8.84. The highest BCUT2D eigenvalue weighted by Gasteiger charge is 2.23. The van der Waals surface area contributed by atoms with Gasteiger partial charge in [0, 0.05) is 17.9 Å². The highest BCUT2D eigenvalue weighted by molar-refractivity contribution is 5.98. The Labute approximate surface area is 108 Å². The van der Waals surface area contributed by atoms with Gasteiger partial charge in [-0.2, -0.15) is 0 Å². The van der Waals surface area contributed by atoms with Gasteiger partial charge in [-0.1, -0.05) is 25.7 Å². The van der Waals surface area contributed by atoms with Gasteiger partial charge in [0.1, 0.15) is 5.75 Å². The molecule has 96 valence electrons. The first-order valence-corrected chi connectivity index (χ1v) is 7.14. The number of fused-ring (bicyclic) bond motifs is 1. The Morgan fingerprint density at radius 1 is 1.11 bits per heavy atom. The van der Waals surface area contributed by atoms with Gasteiger partial charge in [-0.05, 0) is 36.6 Å². The maximum Gasteiger partial charge on any atom is 0.165 e. The molecule has 1 aliphatic heterocycles. The summed E-state index contributed by atoms with van der Waals surface area (Å²) in [7, 11) is 0. The fourth-order valence-electron chi connectivity index (χ4n) is 3.12. The molecule has 0 unspecified atom stereocenters. The summed E-state index contributed by atoms with van der Waals surface area (Å²) in [5.74, 6) is 1.58. The topological polar surface area (TPSA) is 26.3 Å². The molecule has 1 aliphatic carbocycles. The summed E-state index contributed by atoms with van der Waals surface area (Å²) in [5, 5.41) is 0. The molecule has 18 heavy (non-hydrogen) atoms. The van der Waals surface area contributed by atoms with Crippen LogP contribution in [-0.4, -0.2) is 12.4 Å². The van der Waals surface area contributed by atoms with Crippen molar-refractivity contribution in [3.05, 3.63) is 29.3 Å². The zero-order valence-electron chi connectivity index (χ0n) is 10.8. The molecule has 2 heteroatoms. The predicted octanol–water partition coefficient (Wildman–Crippen LogP) is 3.77. The monoisotopic (exact) mass is 244 g/mol. The van der Waals surface area contributed by atoms with E-state index in [0.717, 1.165) is 37.2 Å². The van der Waals surface area contributed by atoms with Crippen LogP contribution in [0.2, 0.25) is 0 Å². The molecule has 0 radical (unpaired) electrons. The molecule has 2 nitrogen and oxygen atoms in total. The van der Waals surface area contributed by atoms with Crippen molar-refractivity contribution in [1.29, 1.82) is 0 Å². The molecule has 0 atom stereocenters. The molecule has 0 spiro atoms. The number of Topliss-reactive ketones (excluding diaryl/α,β-unsaturated/α-hetero) is 1. The number of rotatable bonds is 2. The number of ether oxygens (including phenoxy) is 1. The Morgan fingerprint density at radius 3 is 2.67 bits per heavy atom. The maximum absolute atomic E-state index is 12.5. The normalized spacial score (nSPS) is 20.0.